The van der Waals surface area contributed by atoms with E-state index in [0.717, 1.165) is 0 Å². The molecule has 7 heteroatoms. The van der Waals surface area contributed by atoms with E-state index in [0.29, 0.717) is 18.8 Å². The van der Waals surface area contributed by atoms with Crippen LogP contribution in [0.25, 0.3) is 0 Å². The largest absolute Gasteiger partial charge is 0.328 e. The molecule has 0 aliphatic rings. The number of aromatic nitrogens is 3. The molecule has 0 radical (unpaired) electrons. The zero-order valence-electron chi connectivity index (χ0n) is 9.63. The van der Waals surface area contributed by atoms with Crippen LogP contribution in [0, 0.1) is 0 Å². The van der Waals surface area contributed by atoms with Gasteiger partial charge in [-0.05, 0) is 20.3 Å². The molecule has 0 aliphatic heterocycles. The van der Waals surface area contributed by atoms with Crippen molar-refractivity contribution in [3.63, 3.8) is 0 Å². The number of aryl methyl sites for hydroxylation is 1. The van der Waals surface area contributed by atoms with Crippen molar-refractivity contribution in [1.29, 1.82) is 0 Å². The van der Waals surface area contributed by atoms with Crippen molar-refractivity contribution in [1.82, 2.24) is 14.8 Å². The SMILES string of the molecule is CCn1ncnc1CS(=O)(=O)CCC(C)N. The fourth-order valence-corrected chi connectivity index (χ4v) is 2.79. The van der Waals surface area contributed by atoms with Crippen LogP contribution in [0.3, 0.4) is 0 Å². The molecule has 0 bridgehead atoms. The highest BCUT2D eigenvalue weighted by Crippen LogP contribution is 2.05. The zero-order valence-corrected chi connectivity index (χ0v) is 10.4. The highest BCUT2D eigenvalue weighted by atomic mass is 32.2. The van der Waals surface area contributed by atoms with Gasteiger partial charge in [0.2, 0.25) is 0 Å². The molecule has 0 saturated heterocycles. The summed E-state index contributed by atoms with van der Waals surface area (Å²) in [5.41, 5.74) is 5.53. The summed E-state index contributed by atoms with van der Waals surface area (Å²) in [6.07, 6.45) is 1.85. The Morgan fingerprint density at radius 3 is 2.81 bits per heavy atom. The number of hydrogen-bond acceptors (Lipinski definition) is 5. The molecule has 0 saturated carbocycles. The van der Waals surface area contributed by atoms with E-state index in [9.17, 15) is 8.42 Å². The molecule has 0 aromatic carbocycles. The summed E-state index contributed by atoms with van der Waals surface area (Å²) in [4.78, 5) is 3.94. The van der Waals surface area contributed by atoms with Crippen molar-refractivity contribution in [3.8, 4) is 0 Å². The van der Waals surface area contributed by atoms with E-state index in [4.69, 9.17) is 5.73 Å². The molecule has 0 spiro atoms. The summed E-state index contributed by atoms with van der Waals surface area (Å²) in [6, 6.07) is -0.0983. The van der Waals surface area contributed by atoms with Gasteiger partial charge in [0.05, 0.1) is 5.75 Å². The van der Waals surface area contributed by atoms with Gasteiger partial charge in [0, 0.05) is 12.6 Å². The maximum absolute atomic E-state index is 11.7. The van der Waals surface area contributed by atoms with Gasteiger partial charge in [-0.3, -0.25) is 0 Å². The first-order chi connectivity index (χ1) is 7.44. The number of sulfone groups is 1. The van der Waals surface area contributed by atoms with Gasteiger partial charge in [0.1, 0.15) is 17.9 Å². The average molecular weight is 246 g/mol. The van der Waals surface area contributed by atoms with Gasteiger partial charge in [-0.1, -0.05) is 0 Å². The molecular weight excluding hydrogens is 228 g/mol. The fraction of sp³-hybridized carbons (Fsp3) is 0.778. The summed E-state index contributed by atoms with van der Waals surface area (Å²) in [6.45, 7) is 4.31. The molecule has 1 aromatic heterocycles. The molecule has 1 heterocycles. The summed E-state index contributed by atoms with van der Waals surface area (Å²) >= 11 is 0. The molecule has 1 aromatic rings. The molecule has 0 amide bonds. The van der Waals surface area contributed by atoms with Crippen LogP contribution < -0.4 is 5.73 Å². The third-order valence-electron chi connectivity index (χ3n) is 2.23. The van der Waals surface area contributed by atoms with Crippen LogP contribution in [-0.4, -0.2) is 35.0 Å². The third kappa shape index (κ3) is 3.90. The lowest BCUT2D eigenvalue weighted by Gasteiger charge is -2.06. The number of nitrogens with two attached hydrogens (primary N) is 1. The fourth-order valence-electron chi connectivity index (χ4n) is 1.30. The smallest absolute Gasteiger partial charge is 0.157 e. The van der Waals surface area contributed by atoms with Crippen molar-refractivity contribution in [2.75, 3.05) is 5.75 Å². The van der Waals surface area contributed by atoms with Crippen molar-refractivity contribution in [2.45, 2.75) is 38.6 Å². The van der Waals surface area contributed by atoms with E-state index in [1.54, 1.807) is 11.6 Å². The van der Waals surface area contributed by atoms with Crippen LogP contribution in [0.5, 0.6) is 0 Å². The number of rotatable bonds is 6. The average Bonchev–Trinajstić information content (AvgIpc) is 2.61. The Bertz CT molecular complexity index is 424. The van der Waals surface area contributed by atoms with Crippen molar-refractivity contribution < 1.29 is 8.42 Å². The van der Waals surface area contributed by atoms with Crippen LogP contribution in [-0.2, 0) is 22.1 Å². The van der Waals surface area contributed by atoms with Crippen LogP contribution in [0.2, 0.25) is 0 Å². The topological polar surface area (TPSA) is 90.9 Å². The molecule has 2 N–H and O–H groups in total. The van der Waals surface area contributed by atoms with Crippen molar-refractivity contribution in [2.24, 2.45) is 5.73 Å². The third-order valence-corrected chi connectivity index (χ3v) is 3.78. The summed E-state index contributed by atoms with van der Waals surface area (Å²) in [5, 5.41) is 3.93. The monoisotopic (exact) mass is 246 g/mol. The number of nitrogens with zero attached hydrogens (tertiary/aromatic N) is 3. The Balaban J connectivity index is 2.66. The first-order valence-corrected chi connectivity index (χ1v) is 7.09. The molecule has 6 nitrogen and oxygen atoms in total. The summed E-state index contributed by atoms with van der Waals surface area (Å²) in [7, 11) is -3.14. The Morgan fingerprint density at radius 1 is 1.56 bits per heavy atom. The van der Waals surface area contributed by atoms with Gasteiger partial charge < -0.3 is 5.73 Å². The molecule has 1 atom stereocenters. The van der Waals surface area contributed by atoms with E-state index >= 15 is 0 Å². The van der Waals surface area contributed by atoms with Gasteiger partial charge >= 0.3 is 0 Å². The molecule has 1 unspecified atom stereocenters. The quantitative estimate of drug-likeness (QED) is 0.760. The molecule has 92 valence electrons. The number of hydrogen-bond donors (Lipinski definition) is 1. The lowest BCUT2D eigenvalue weighted by Crippen LogP contribution is -2.21. The predicted octanol–water partition coefficient (Wildman–Crippen LogP) is -0.0499. The lowest BCUT2D eigenvalue weighted by molar-refractivity contribution is 0.577. The van der Waals surface area contributed by atoms with Crippen LogP contribution in [0.1, 0.15) is 26.1 Å². The van der Waals surface area contributed by atoms with E-state index in [1.165, 1.54) is 6.33 Å². The maximum Gasteiger partial charge on any atom is 0.157 e. The second-order valence-corrected chi connectivity index (χ2v) is 6.03. The van der Waals surface area contributed by atoms with Crippen molar-refractivity contribution in [3.05, 3.63) is 12.2 Å². The molecular formula is C9H18N4O2S. The predicted molar refractivity (Wildman–Crippen MR) is 61.5 cm³/mol. The van der Waals surface area contributed by atoms with E-state index in [2.05, 4.69) is 10.1 Å². The Hall–Kier alpha value is -0.950. The minimum Gasteiger partial charge on any atom is -0.328 e. The highest BCUT2D eigenvalue weighted by molar-refractivity contribution is 7.90. The lowest BCUT2D eigenvalue weighted by atomic mass is 10.3. The van der Waals surface area contributed by atoms with Crippen LogP contribution >= 0.6 is 0 Å². The molecule has 16 heavy (non-hydrogen) atoms. The van der Waals surface area contributed by atoms with Gasteiger partial charge in [0.25, 0.3) is 0 Å². The minimum atomic E-state index is -3.14. The van der Waals surface area contributed by atoms with E-state index in [1.807, 2.05) is 6.92 Å². The van der Waals surface area contributed by atoms with E-state index < -0.39 is 9.84 Å². The van der Waals surface area contributed by atoms with Gasteiger partial charge in [0.15, 0.2) is 9.84 Å². The molecule has 0 fully saturated rings. The van der Waals surface area contributed by atoms with Crippen LogP contribution in [0.4, 0.5) is 0 Å². The standard InChI is InChI=1S/C9H18N4O2S/c1-3-13-9(11-7-12-13)6-16(14,15)5-4-8(2)10/h7-8H,3-6,10H2,1-2H3. The normalized spacial score (nSPS) is 13.9. The minimum absolute atomic E-state index is 0.0619. The molecule has 1 rings (SSSR count). The van der Waals surface area contributed by atoms with E-state index in [-0.39, 0.29) is 17.5 Å². The summed E-state index contributed by atoms with van der Waals surface area (Å²) < 4.78 is 25.1. The van der Waals surface area contributed by atoms with Gasteiger partial charge in [-0.15, -0.1) is 0 Å². The summed E-state index contributed by atoms with van der Waals surface area (Å²) in [5.74, 6) is 0.529. The maximum atomic E-state index is 11.7. The molecule has 0 aliphatic carbocycles. The van der Waals surface area contributed by atoms with Crippen molar-refractivity contribution >= 4 is 9.84 Å². The highest BCUT2D eigenvalue weighted by Gasteiger charge is 2.16. The van der Waals surface area contributed by atoms with Gasteiger partial charge in [-0.25, -0.2) is 18.1 Å². The first-order valence-electron chi connectivity index (χ1n) is 5.27. The second kappa shape index (κ2) is 5.40. The van der Waals surface area contributed by atoms with Crippen LogP contribution in [0.15, 0.2) is 6.33 Å². The first kappa shape index (κ1) is 13.1. The Kier molecular flexibility index (Phi) is 4.43. The second-order valence-electron chi connectivity index (χ2n) is 3.85. The Labute approximate surface area is 95.8 Å². The Morgan fingerprint density at radius 2 is 2.25 bits per heavy atom. The zero-order chi connectivity index (χ0) is 12.2. The van der Waals surface area contributed by atoms with Gasteiger partial charge in [-0.2, -0.15) is 5.10 Å².